The number of nitrogens with one attached hydrogen (secondary N) is 2. The Morgan fingerprint density at radius 2 is 1.86 bits per heavy atom. The maximum absolute atomic E-state index is 14.4. The Morgan fingerprint density at radius 3 is 2.43 bits per heavy atom. The number of rotatable bonds is 18. The van der Waals surface area contributed by atoms with E-state index < -0.39 is 36.0 Å². The van der Waals surface area contributed by atoms with Gasteiger partial charge in [0.25, 0.3) is 0 Å². The van der Waals surface area contributed by atoms with Crippen LogP contribution in [-0.2, 0) is 30.3 Å². The fourth-order valence-electron chi connectivity index (χ4n) is 7.27. The zero-order valence-corrected chi connectivity index (χ0v) is 30.4. The van der Waals surface area contributed by atoms with Crippen molar-refractivity contribution >= 4 is 29.3 Å². The second-order valence-corrected chi connectivity index (χ2v) is 13.6. The Hall–Kier alpha value is -3.97. The summed E-state index contributed by atoms with van der Waals surface area (Å²) < 4.78 is 11.9. The van der Waals surface area contributed by atoms with Crippen molar-refractivity contribution in [2.45, 2.75) is 96.9 Å². The van der Waals surface area contributed by atoms with Gasteiger partial charge in [0.1, 0.15) is 0 Å². The number of nitrogens with zero attached hydrogens (tertiary/aromatic N) is 3. The van der Waals surface area contributed by atoms with Crippen LogP contribution in [0.3, 0.4) is 0 Å². The molecule has 0 aliphatic carbocycles. The first kappa shape index (κ1) is 39.5. The average molecular weight is 684 g/mol. The van der Waals surface area contributed by atoms with Crippen LogP contribution in [0.1, 0.15) is 87.8 Å². The van der Waals surface area contributed by atoms with Crippen LogP contribution in [0.15, 0.2) is 30.7 Å². The number of H-pyrrole nitrogens is 1. The first-order valence-electron chi connectivity index (χ1n) is 17.3. The van der Waals surface area contributed by atoms with Gasteiger partial charge in [-0.2, -0.15) is 0 Å². The number of ether oxygens (including phenoxy) is 2. The molecule has 2 heterocycles. The van der Waals surface area contributed by atoms with Crippen LogP contribution in [0.2, 0.25) is 0 Å². The predicted octanol–water partition coefficient (Wildman–Crippen LogP) is 3.11. The zero-order chi connectivity index (χ0) is 36.4. The third kappa shape index (κ3) is 9.60. The highest BCUT2D eigenvalue weighted by atomic mass is 16.5. The molecule has 2 aromatic rings. The van der Waals surface area contributed by atoms with Gasteiger partial charge in [0, 0.05) is 63.9 Å². The van der Waals surface area contributed by atoms with Gasteiger partial charge < -0.3 is 41.0 Å². The van der Waals surface area contributed by atoms with Crippen LogP contribution in [0, 0.1) is 17.8 Å². The van der Waals surface area contributed by atoms with E-state index in [0.717, 1.165) is 18.5 Å². The number of carbonyl (C=O) groups is 4. The number of imidazole rings is 1. The number of primary amides is 1. The van der Waals surface area contributed by atoms with E-state index in [0.29, 0.717) is 37.2 Å². The molecule has 4 amide bonds. The van der Waals surface area contributed by atoms with Crippen molar-refractivity contribution in [3.05, 3.63) is 47.5 Å². The van der Waals surface area contributed by atoms with E-state index in [4.69, 9.17) is 20.9 Å². The number of hydrogen-bond donors (Lipinski definition) is 4. The topological polar surface area (TPSA) is 186 Å². The van der Waals surface area contributed by atoms with E-state index in [1.54, 1.807) is 56.9 Å². The van der Waals surface area contributed by atoms with Crippen LogP contribution < -0.4 is 16.8 Å². The minimum atomic E-state index is -0.701. The van der Waals surface area contributed by atoms with E-state index in [2.05, 4.69) is 15.3 Å². The normalized spacial score (nSPS) is 18.4. The second-order valence-electron chi connectivity index (χ2n) is 13.6. The van der Waals surface area contributed by atoms with Crippen LogP contribution in [0.4, 0.5) is 5.69 Å². The zero-order valence-electron chi connectivity index (χ0n) is 30.4. The Balaban J connectivity index is 1.81. The first-order valence-corrected chi connectivity index (χ1v) is 17.3. The largest absolute Gasteiger partial charge is 0.399 e. The number of likely N-dealkylation sites (N-methyl/N-ethyl adjacent to an activating group) is 1. The molecule has 0 unspecified atom stereocenters. The Kier molecular flexibility index (Phi) is 14.6. The summed E-state index contributed by atoms with van der Waals surface area (Å²) in [6.07, 6.45) is 5.10. The highest BCUT2D eigenvalue weighted by Crippen LogP contribution is 2.34. The molecule has 13 nitrogen and oxygen atoms in total. The van der Waals surface area contributed by atoms with Crippen molar-refractivity contribution < 1.29 is 28.7 Å². The summed E-state index contributed by atoms with van der Waals surface area (Å²) in [5, 5.41) is 2.98. The van der Waals surface area contributed by atoms with Crippen molar-refractivity contribution in [2.24, 2.45) is 23.5 Å². The number of likely N-dealkylation sites (tertiary alicyclic amines) is 1. The number of nitrogen functional groups attached to an aromatic ring is 1. The monoisotopic (exact) mass is 683 g/mol. The minimum absolute atomic E-state index is 0.0254. The van der Waals surface area contributed by atoms with Gasteiger partial charge >= 0.3 is 0 Å². The van der Waals surface area contributed by atoms with Crippen molar-refractivity contribution in [1.82, 2.24) is 25.1 Å². The van der Waals surface area contributed by atoms with Crippen LogP contribution in [0.5, 0.6) is 0 Å². The molecule has 1 aromatic carbocycles. The second kappa shape index (κ2) is 18.1. The van der Waals surface area contributed by atoms with Crippen LogP contribution in [-0.4, -0.2) is 102 Å². The number of anilines is 1. The third-order valence-corrected chi connectivity index (χ3v) is 10.1. The van der Waals surface area contributed by atoms with Gasteiger partial charge in [-0.3, -0.25) is 19.2 Å². The molecule has 1 aliphatic rings. The van der Waals surface area contributed by atoms with Crippen molar-refractivity contribution in [3.8, 4) is 0 Å². The summed E-state index contributed by atoms with van der Waals surface area (Å²) in [5.74, 6) is -2.52. The molecule has 13 heteroatoms. The Bertz CT molecular complexity index is 1400. The van der Waals surface area contributed by atoms with E-state index in [9.17, 15) is 19.2 Å². The van der Waals surface area contributed by atoms with Crippen molar-refractivity contribution in [3.63, 3.8) is 0 Å². The maximum Gasteiger partial charge on any atom is 0.249 e. The fraction of sp³-hybridized carbons (Fsp3) is 0.639. The molecule has 0 bridgehead atoms. The molecule has 0 saturated carbocycles. The third-order valence-electron chi connectivity index (χ3n) is 10.1. The van der Waals surface area contributed by atoms with Gasteiger partial charge in [0.2, 0.25) is 23.6 Å². The van der Waals surface area contributed by atoms with Gasteiger partial charge in [0.05, 0.1) is 48.9 Å². The summed E-state index contributed by atoms with van der Waals surface area (Å²) >= 11 is 0. The first-order chi connectivity index (χ1) is 23.3. The Labute approximate surface area is 290 Å². The molecule has 1 aromatic heterocycles. The molecule has 1 saturated heterocycles. The molecule has 272 valence electrons. The molecule has 0 radical (unpaired) electrons. The molecule has 7 atom stereocenters. The Morgan fingerprint density at radius 1 is 1.14 bits per heavy atom. The number of aromatic nitrogens is 2. The van der Waals surface area contributed by atoms with E-state index in [1.165, 1.54) is 0 Å². The number of benzene rings is 1. The van der Waals surface area contributed by atoms with Crippen LogP contribution in [0.25, 0.3) is 0 Å². The van der Waals surface area contributed by atoms with Gasteiger partial charge in [-0.15, -0.1) is 0 Å². The molecule has 49 heavy (non-hydrogen) atoms. The van der Waals surface area contributed by atoms with E-state index in [-0.39, 0.29) is 47.6 Å². The summed E-state index contributed by atoms with van der Waals surface area (Å²) in [5.41, 5.74) is 13.9. The number of carbonyl (C=O) groups excluding carboxylic acids is 4. The summed E-state index contributed by atoms with van der Waals surface area (Å²) in [7, 11) is 4.87. The predicted molar refractivity (Wildman–Crippen MR) is 188 cm³/mol. The molecule has 1 fully saturated rings. The maximum atomic E-state index is 14.4. The van der Waals surface area contributed by atoms with Gasteiger partial charge in [-0.05, 0) is 48.4 Å². The lowest BCUT2D eigenvalue weighted by molar-refractivity contribution is -0.146. The van der Waals surface area contributed by atoms with Crippen molar-refractivity contribution in [2.75, 3.05) is 40.1 Å². The standard InChI is InChI=1S/C36H57N7O6/c1-9-22(4)32(42(6)36(47)31(21(2)3)27-17-24(37)12-13-26(27)34(38)45)29(48-7)18-30(44)43-16-10-11-28(43)33(49-8)23(5)35(46)40-15-14-25-19-39-20-41-25/h12-13,17,19-23,28-29,31-33H,9-11,14-16,18,37H2,1-8H3,(H2,38,45)(H,39,41)(H,40,46)/t22-,23+,28-,29+,31-,32-,33+/m0/s1. The smallest absolute Gasteiger partial charge is 0.249 e. The minimum Gasteiger partial charge on any atom is -0.399 e. The lowest BCUT2D eigenvalue weighted by Gasteiger charge is -2.41. The molecule has 0 spiro atoms. The van der Waals surface area contributed by atoms with E-state index >= 15 is 0 Å². The molecular weight excluding hydrogens is 626 g/mol. The van der Waals surface area contributed by atoms with Gasteiger partial charge in [-0.1, -0.05) is 41.0 Å². The number of aromatic amines is 1. The molecule has 1 aliphatic heterocycles. The molecular formula is C36H57N7O6. The van der Waals surface area contributed by atoms with Gasteiger partial charge in [0.15, 0.2) is 0 Å². The van der Waals surface area contributed by atoms with Gasteiger partial charge in [-0.25, -0.2) is 4.98 Å². The summed E-state index contributed by atoms with van der Waals surface area (Å²) in [6.45, 7) is 10.7. The van der Waals surface area contributed by atoms with Crippen LogP contribution >= 0.6 is 0 Å². The number of hydrogen-bond acceptors (Lipinski definition) is 8. The quantitative estimate of drug-likeness (QED) is 0.173. The molecule has 6 N–H and O–H groups in total. The lowest BCUT2D eigenvalue weighted by Crippen LogP contribution is -2.54. The number of nitrogens with two attached hydrogens (primary N) is 2. The molecule has 3 rings (SSSR count). The van der Waals surface area contributed by atoms with E-state index in [1.807, 2.05) is 39.5 Å². The number of methoxy groups -OCH3 is 2. The van der Waals surface area contributed by atoms with Crippen molar-refractivity contribution in [1.29, 1.82) is 0 Å². The fourth-order valence-corrected chi connectivity index (χ4v) is 7.27. The summed E-state index contributed by atoms with van der Waals surface area (Å²) in [6, 6.07) is 4.06. The highest BCUT2D eigenvalue weighted by molar-refractivity contribution is 5.97. The SMILES string of the molecule is CC[C@H](C)[C@@H]([C@@H](CC(=O)N1CCC[C@H]1[C@H](OC)[C@@H](C)C(=O)NCCc1cnc[nH]1)OC)N(C)C(=O)[C@H](c1cc(N)ccc1C(N)=O)C(C)C. The average Bonchev–Trinajstić information content (AvgIpc) is 3.77. The highest BCUT2D eigenvalue weighted by Gasteiger charge is 2.43. The lowest BCUT2D eigenvalue weighted by atomic mass is 9.82. The number of amides is 4. The summed E-state index contributed by atoms with van der Waals surface area (Å²) in [4.78, 5) is 64.5.